The third kappa shape index (κ3) is 5.78. The summed E-state index contributed by atoms with van der Waals surface area (Å²) in [6.45, 7) is 0. The first-order chi connectivity index (χ1) is 12.1. The highest BCUT2D eigenvalue weighted by Crippen LogP contribution is 2.08. The summed E-state index contributed by atoms with van der Waals surface area (Å²) >= 11 is 0. The van der Waals surface area contributed by atoms with Crippen molar-refractivity contribution in [1.82, 2.24) is 5.32 Å². The van der Waals surface area contributed by atoms with E-state index in [4.69, 9.17) is 10.00 Å². The lowest BCUT2D eigenvalue weighted by Gasteiger charge is -2.16. The van der Waals surface area contributed by atoms with E-state index in [0.29, 0.717) is 24.8 Å². The molecule has 0 bridgehead atoms. The van der Waals surface area contributed by atoms with E-state index in [-0.39, 0.29) is 5.91 Å². The Balaban J connectivity index is 1.95. The Hall–Kier alpha value is -3.13. The van der Waals surface area contributed by atoms with Crippen molar-refractivity contribution in [2.75, 3.05) is 7.11 Å². The number of aryl methyl sites for hydroxylation is 1. The minimum Gasteiger partial charge on any atom is -0.467 e. The monoisotopic (exact) mass is 336 g/mol. The number of nitrogens with one attached hydrogen (secondary N) is 1. The van der Waals surface area contributed by atoms with Crippen LogP contribution in [0, 0.1) is 11.3 Å². The molecule has 0 aliphatic carbocycles. The predicted molar refractivity (Wildman–Crippen MR) is 93.6 cm³/mol. The van der Waals surface area contributed by atoms with Crippen LogP contribution in [0.5, 0.6) is 0 Å². The van der Waals surface area contributed by atoms with Crippen molar-refractivity contribution >= 4 is 11.9 Å². The second-order valence-electron chi connectivity index (χ2n) is 5.64. The Morgan fingerprint density at radius 2 is 1.76 bits per heavy atom. The summed E-state index contributed by atoms with van der Waals surface area (Å²) < 4.78 is 4.79. The Kier molecular flexibility index (Phi) is 6.73. The lowest BCUT2D eigenvalue weighted by atomic mass is 10.0. The van der Waals surface area contributed by atoms with Crippen LogP contribution >= 0.6 is 0 Å². The van der Waals surface area contributed by atoms with Gasteiger partial charge in [-0.1, -0.05) is 42.5 Å². The van der Waals surface area contributed by atoms with Crippen LogP contribution in [0.15, 0.2) is 54.6 Å². The van der Waals surface area contributed by atoms with Crippen LogP contribution in [0.4, 0.5) is 0 Å². The molecule has 5 heteroatoms. The second kappa shape index (κ2) is 9.24. The summed E-state index contributed by atoms with van der Waals surface area (Å²) in [6, 6.07) is 17.9. The quantitative estimate of drug-likeness (QED) is 0.788. The topological polar surface area (TPSA) is 79.2 Å². The van der Waals surface area contributed by atoms with Gasteiger partial charge in [0.2, 0.25) is 5.91 Å². The molecule has 0 saturated heterocycles. The fourth-order valence-corrected chi connectivity index (χ4v) is 2.46. The van der Waals surface area contributed by atoms with Gasteiger partial charge in [-0.3, -0.25) is 4.79 Å². The molecular formula is C20H20N2O3. The van der Waals surface area contributed by atoms with E-state index >= 15 is 0 Å². The highest BCUT2D eigenvalue weighted by molar-refractivity contribution is 5.84. The summed E-state index contributed by atoms with van der Waals surface area (Å²) in [5, 5.41) is 11.6. The molecule has 1 amide bonds. The van der Waals surface area contributed by atoms with Gasteiger partial charge in [0.15, 0.2) is 0 Å². The number of nitriles is 1. The van der Waals surface area contributed by atoms with Crippen LogP contribution < -0.4 is 5.32 Å². The van der Waals surface area contributed by atoms with Crippen molar-refractivity contribution in [2.45, 2.75) is 25.3 Å². The fraction of sp³-hybridized carbons (Fsp3) is 0.250. The van der Waals surface area contributed by atoms with Gasteiger partial charge in [0.25, 0.3) is 0 Å². The molecule has 0 saturated carbocycles. The molecule has 1 atom stereocenters. The first-order valence-corrected chi connectivity index (χ1v) is 8.02. The smallest absolute Gasteiger partial charge is 0.328 e. The van der Waals surface area contributed by atoms with Crippen LogP contribution in [-0.2, 0) is 27.2 Å². The average molecular weight is 336 g/mol. The van der Waals surface area contributed by atoms with Crippen molar-refractivity contribution in [3.05, 3.63) is 71.3 Å². The summed E-state index contributed by atoms with van der Waals surface area (Å²) in [6.07, 6.45) is 1.22. The number of ether oxygens (including phenoxy) is 1. The summed E-state index contributed by atoms with van der Waals surface area (Å²) in [5.41, 5.74) is 2.46. The molecule has 0 heterocycles. The standard InChI is InChI=1S/C20H20N2O3/c1-25-20(24)18(13-16-7-9-17(14-21)10-8-16)22-19(23)12-11-15-5-3-2-4-6-15/h2-10,18H,11-13H2,1H3,(H,22,23)/t18-/m1/s1. The number of hydrogen-bond acceptors (Lipinski definition) is 4. The summed E-state index contributed by atoms with van der Waals surface area (Å²) in [7, 11) is 1.30. The van der Waals surface area contributed by atoms with Crippen LogP contribution in [0.3, 0.4) is 0 Å². The molecule has 0 aliphatic rings. The van der Waals surface area contributed by atoms with Crippen LogP contribution in [0.1, 0.15) is 23.1 Å². The molecular weight excluding hydrogens is 316 g/mol. The number of nitrogens with zero attached hydrogens (tertiary/aromatic N) is 1. The molecule has 0 fully saturated rings. The van der Waals surface area contributed by atoms with Gasteiger partial charge in [-0.15, -0.1) is 0 Å². The van der Waals surface area contributed by atoms with E-state index < -0.39 is 12.0 Å². The van der Waals surface area contributed by atoms with E-state index in [1.165, 1.54) is 7.11 Å². The van der Waals surface area contributed by atoms with E-state index in [1.807, 2.05) is 36.4 Å². The van der Waals surface area contributed by atoms with Crippen molar-refractivity contribution in [3.8, 4) is 6.07 Å². The van der Waals surface area contributed by atoms with Gasteiger partial charge in [-0.25, -0.2) is 4.79 Å². The Bertz CT molecular complexity index is 749. The minimum atomic E-state index is -0.749. The predicted octanol–water partition coefficient (Wildman–Crippen LogP) is 2.39. The highest BCUT2D eigenvalue weighted by atomic mass is 16.5. The van der Waals surface area contributed by atoms with Crippen molar-refractivity contribution in [1.29, 1.82) is 5.26 Å². The Labute approximate surface area is 147 Å². The Morgan fingerprint density at radius 3 is 2.36 bits per heavy atom. The van der Waals surface area contributed by atoms with Crippen molar-refractivity contribution in [2.24, 2.45) is 0 Å². The maximum absolute atomic E-state index is 12.2. The second-order valence-corrected chi connectivity index (χ2v) is 5.64. The lowest BCUT2D eigenvalue weighted by Crippen LogP contribution is -2.43. The van der Waals surface area contributed by atoms with Crippen LogP contribution in [0.25, 0.3) is 0 Å². The molecule has 0 aliphatic heterocycles. The molecule has 128 valence electrons. The zero-order valence-electron chi connectivity index (χ0n) is 14.1. The normalized spacial score (nSPS) is 11.2. The number of amides is 1. The molecule has 25 heavy (non-hydrogen) atoms. The van der Waals surface area contributed by atoms with Gasteiger partial charge < -0.3 is 10.1 Å². The average Bonchev–Trinajstić information content (AvgIpc) is 2.66. The zero-order chi connectivity index (χ0) is 18.1. The third-order valence-corrected chi connectivity index (χ3v) is 3.83. The Morgan fingerprint density at radius 1 is 1.08 bits per heavy atom. The summed E-state index contributed by atoms with van der Waals surface area (Å²) in [4.78, 5) is 24.1. The first kappa shape index (κ1) is 18.2. The number of carbonyl (C=O) groups is 2. The molecule has 2 aromatic rings. The minimum absolute atomic E-state index is 0.201. The SMILES string of the molecule is COC(=O)[C@@H](Cc1ccc(C#N)cc1)NC(=O)CCc1ccccc1. The molecule has 5 nitrogen and oxygen atoms in total. The molecule has 0 unspecified atom stereocenters. The van der Waals surface area contributed by atoms with Gasteiger partial charge >= 0.3 is 5.97 Å². The largest absolute Gasteiger partial charge is 0.467 e. The number of rotatable bonds is 7. The van der Waals surface area contributed by atoms with Crippen molar-refractivity contribution in [3.63, 3.8) is 0 Å². The fourth-order valence-electron chi connectivity index (χ4n) is 2.46. The van der Waals surface area contributed by atoms with Gasteiger partial charge in [0.05, 0.1) is 18.7 Å². The van der Waals surface area contributed by atoms with Crippen LogP contribution in [0.2, 0.25) is 0 Å². The number of esters is 1. The third-order valence-electron chi connectivity index (χ3n) is 3.83. The molecule has 1 N–H and O–H groups in total. The van der Waals surface area contributed by atoms with Crippen LogP contribution in [-0.4, -0.2) is 25.0 Å². The van der Waals surface area contributed by atoms with E-state index in [1.54, 1.807) is 24.3 Å². The van der Waals surface area contributed by atoms with Crippen molar-refractivity contribution < 1.29 is 14.3 Å². The lowest BCUT2D eigenvalue weighted by molar-refractivity contribution is -0.145. The van der Waals surface area contributed by atoms with Gasteiger partial charge in [-0.05, 0) is 29.7 Å². The van der Waals surface area contributed by atoms with E-state index in [2.05, 4.69) is 5.32 Å². The van der Waals surface area contributed by atoms with E-state index in [9.17, 15) is 9.59 Å². The molecule has 0 spiro atoms. The first-order valence-electron chi connectivity index (χ1n) is 8.02. The number of methoxy groups -OCH3 is 1. The van der Waals surface area contributed by atoms with Gasteiger partial charge in [0.1, 0.15) is 6.04 Å². The summed E-state index contributed by atoms with van der Waals surface area (Å²) in [5.74, 6) is -0.690. The molecule has 0 aromatic heterocycles. The maximum atomic E-state index is 12.2. The van der Waals surface area contributed by atoms with Gasteiger partial charge in [-0.2, -0.15) is 5.26 Å². The zero-order valence-corrected chi connectivity index (χ0v) is 14.1. The molecule has 0 radical (unpaired) electrons. The molecule has 2 rings (SSSR count). The van der Waals surface area contributed by atoms with E-state index in [0.717, 1.165) is 11.1 Å². The number of hydrogen-bond donors (Lipinski definition) is 1. The maximum Gasteiger partial charge on any atom is 0.328 e. The highest BCUT2D eigenvalue weighted by Gasteiger charge is 2.21. The van der Waals surface area contributed by atoms with Gasteiger partial charge in [0, 0.05) is 12.8 Å². The number of benzene rings is 2. The molecule has 2 aromatic carbocycles. The number of carbonyl (C=O) groups excluding carboxylic acids is 2.